The number of hydrogen-bond donors (Lipinski definition) is 2. The van der Waals surface area contributed by atoms with Gasteiger partial charge in [0.15, 0.2) is 5.82 Å². The third kappa shape index (κ3) is 3.86. The molecule has 1 fully saturated rings. The van der Waals surface area contributed by atoms with Crippen molar-refractivity contribution in [2.45, 2.75) is 44.2 Å². The van der Waals surface area contributed by atoms with Gasteiger partial charge in [-0.1, -0.05) is 0 Å². The van der Waals surface area contributed by atoms with Crippen LogP contribution in [0.5, 0.6) is 0 Å². The quantitative estimate of drug-likeness (QED) is 0.671. The van der Waals surface area contributed by atoms with E-state index in [2.05, 4.69) is 25.6 Å². The number of imidazole rings is 2. The third-order valence-electron chi connectivity index (χ3n) is 5.00. The van der Waals surface area contributed by atoms with Crippen LogP contribution in [-0.4, -0.2) is 54.9 Å². The molecular weight excluding hydrogens is 368 g/mol. The van der Waals surface area contributed by atoms with E-state index in [0.29, 0.717) is 11.3 Å². The zero-order valence-electron chi connectivity index (χ0n) is 15.1. The SMILES string of the molecule is O=C(NC1CCC(NCC(F)F)CC1)c1nc(-n2ccnc2)c2cnccn12. The minimum absolute atomic E-state index is 0.00276. The molecule has 3 aromatic rings. The van der Waals surface area contributed by atoms with Gasteiger partial charge in [-0.25, -0.2) is 18.7 Å². The molecule has 1 saturated carbocycles. The maximum Gasteiger partial charge on any atom is 0.287 e. The highest BCUT2D eigenvalue weighted by molar-refractivity contribution is 5.93. The number of alkyl halides is 2. The van der Waals surface area contributed by atoms with Crippen molar-refractivity contribution in [1.29, 1.82) is 0 Å². The summed E-state index contributed by atoms with van der Waals surface area (Å²) in [6, 6.07) is 0.0799. The van der Waals surface area contributed by atoms with Gasteiger partial charge in [0.05, 0.1) is 12.7 Å². The van der Waals surface area contributed by atoms with Gasteiger partial charge in [0.25, 0.3) is 12.3 Å². The van der Waals surface area contributed by atoms with Crippen LogP contribution in [0.15, 0.2) is 37.3 Å². The highest BCUT2D eigenvalue weighted by Gasteiger charge is 2.25. The molecule has 0 atom stereocenters. The number of nitrogens with one attached hydrogen (secondary N) is 2. The van der Waals surface area contributed by atoms with Crippen LogP contribution in [0.3, 0.4) is 0 Å². The molecule has 3 heterocycles. The second-order valence-corrected chi connectivity index (χ2v) is 6.88. The van der Waals surface area contributed by atoms with E-state index in [1.54, 1.807) is 46.3 Å². The summed E-state index contributed by atoms with van der Waals surface area (Å²) in [5, 5.41) is 5.90. The van der Waals surface area contributed by atoms with Crippen molar-refractivity contribution >= 4 is 11.4 Å². The van der Waals surface area contributed by atoms with Gasteiger partial charge >= 0.3 is 0 Å². The first-order valence-corrected chi connectivity index (χ1v) is 9.24. The third-order valence-corrected chi connectivity index (χ3v) is 5.00. The Labute approximate surface area is 160 Å². The van der Waals surface area contributed by atoms with Crippen LogP contribution in [0.25, 0.3) is 11.3 Å². The maximum atomic E-state index is 12.9. The van der Waals surface area contributed by atoms with Crippen LogP contribution in [0.1, 0.15) is 36.3 Å². The fraction of sp³-hybridized carbons (Fsp3) is 0.444. The molecule has 0 aromatic carbocycles. The number of hydrogen-bond acceptors (Lipinski definition) is 5. The molecule has 0 unspecified atom stereocenters. The molecule has 0 radical (unpaired) electrons. The molecule has 0 spiro atoms. The van der Waals surface area contributed by atoms with Gasteiger partial charge in [-0.3, -0.25) is 18.7 Å². The molecule has 3 aromatic heterocycles. The standard InChI is InChI=1S/C18H21F2N7O/c19-15(20)10-23-12-1-3-13(4-2-12)24-18(28)17-25-16(26-7-5-22-11-26)14-9-21-6-8-27(14)17/h5-9,11-13,15,23H,1-4,10H2,(H,24,28). The number of carbonyl (C=O) groups is 1. The molecule has 1 aliphatic rings. The predicted molar refractivity (Wildman–Crippen MR) is 97.6 cm³/mol. The topological polar surface area (TPSA) is 89.1 Å². The van der Waals surface area contributed by atoms with Crippen molar-refractivity contribution in [2.24, 2.45) is 0 Å². The molecule has 148 valence electrons. The first-order chi connectivity index (χ1) is 13.6. The summed E-state index contributed by atoms with van der Waals surface area (Å²) < 4.78 is 28.1. The summed E-state index contributed by atoms with van der Waals surface area (Å²) in [5.41, 5.74) is 0.700. The second kappa shape index (κ2) is 8.01. The molecule has 4 rings (SSSR count). The van der Waals surface area contributed by atoms with E-state index in [4.69, 9.17) is 0 Å². The minimum atomic E-state index is -2.34. The molecule has 1 amide bonds. The van der Waals surface area contributed by atoms with E-state index in [9.17, 15) is 13.6 Å². The van der Waals surface area contributed by atoms with Gasteiger partial charge in [0.2, 0.25) is 5.82 Å². The van der Waals surface area contributed by atoms with Crippen molar-refractivity contribution in [3.63, 3.8) is 0 Å². The molecule has 0 saturated heterocycles. The Hall–Kier alpha value is -2.88. The lowest BCUT2D eigenvalue weighted by molar-refractivity contribution is 0.0911. The maximum absolute atomic E-state index is 12.9. The number of carbonyl (C=O) groups excluding carboxylic acids is 1. The Morgan fingerprint density at radius 3 is 2.61 bits per heavy atom. The van der Waals surface area contributed by atoms with Crippen molar-refractivity contribution in [1.82, 2.24) is 34.6 Å². The van der Waals surface area contributed by atoms with E-state index in [-0.39, 0.29) is 30.4 Å². The number of halogens is 2. The van der Waals surface area contributed by atoms with Crippen LogP contribution < -0.4 is 10.6 Å². The summed E-state index contributed by atoms with van der Waals surface area (Å²) in [5.74, 6) is 0.589. The van der Waals surface area contributed by atoms with Crippen molar-refractivity contribution in [2.75, 3.05) is 6.54 Å². The molecular formula is C18H21F2N7O. The van der Waals surface area contributed by atoms with Gasteiger partial charge in [0.1, 0.15) is 11.8 Å². The van der Waals surface area contributed by atoms with E-state index in [0.717, 1.165) is 25.7 Å². The first kappa shape index (κ1) is 18.5. The Bertz CT molecular complexity index is 933. The minimum Gasteiger partial charge on any atom is -0.347 e. The lowest BCUT2D eigenvalue weighted by Gasteiger charge is -2.29. The van der Waals surface area contributed by atoms with E-state index >= 15 is 0 Å². The average molecular weight is 389 g/mol. The summed E-state index contributed by atoms with van der Waals surface area (Å²) in [6.07, 6.45) is 10.6. The van der Waals surface area contributed by atoms with E-state index in [1.807, 2.05) is 0 Å². The van der Waals surface area contributed by atoms with Crippen LogP contribution in [0, 0.1) is 0 Å². The van der Waals surface area contributed by atoms with Gasteiger partial charge < -0.3 is 10.6 Å². The number of rotatable bonds is 6. The van der Waals surface area contributed by atoms with Gasteiger partial charge in [-0.05, 0) is 25.7 Å². The van der Waals surface area contributed by atoms with Crippen LogP contribution in [0.4, 0.5) is 8.78 Å². The van der Waals surface area contributed by atoms with Crippen molar-refractivity contribution in [3.05, 3.63) is 43.1 Å². The number of fused-ring (bicyclic) bond motifs is 1. The highest BCUT2D eigenvalue weighted by Crippen LogP contribution is 2.20. The molecule has 28 heavy (non-hydrogen) atoms. The normalized spacial score (nSPS) is 20.0. The lowest BCUT2D eigenvalue weighted by atomic mass is 9.91. The summed E-state index contributed by atoms with van der Waals surface area (Å²) in [7, 11) is 0. The highest BCUT2D eigenvalue weighted by atomic mass is 19.3. The zero-order chi connectivity index (χ0) is 19.5. The number of amides is 1. The Kier molecular flexibility index (Phi) is 5.29. The molecule has 2 N–H and O–H groups in total. The largest absolute Gasteiger partial charge is 0.347 e. The Balaban J connectivity index is 1.45. The number of nitrogens with zero attached hydrogens (tertiary/aromatic N) is 5. The molecule has 0 bridgehead atoms. The van der Waals surface area contributed by atoms with Crippen LogP contribution in [0.2, 0.25) is 0 Å². The van der Waals surface area contributed by atoms with Crippen LogP contribution >= 0.6 is 0 Å². The molecule has 0 aliphatic heterocycles. The first-order valence-electron chi connectivity index (χ1n) is 9.24. The summed E-state index contributed by atoms with van der Waals surface area (Å²) in [4.78, 5) is 25.5. The van der Waals surface area contributed by atoms with Gasteiger partial charge in [0, 0.05) is 36.9 Å². The Morgan fingerprint density at radius 1 is 1.14 bits per heavy atom. The summed E-state index contributed by atoms with van der Waals surface area (Å²) >= 11 is 0. The second-order valence-electron chi connectivity index (χ2n) is 6.88. The van der Waals surface area contributed by atoms with Crippen molar-refractivity contribution in [3.8, 4) is 5.82 Å². The van der Waals surface area contributed by atoms with E-state index < -0.39 is 6.43 Å². The zero-order valence-corrected chi connectivity index (χ0v) is 15.1. The predicted octanol–water partition coefficient (Wildman–Crippen LogP) is 1.81. The van der Waals surface area contributed by atoms with Gasteiger partial charge in [-0.2, -0.15) is 0 Å². The smallest absolute Gasteiger partial charge is 0.287 e. The molecule has 1 aliphatic carbocycles. The summed E-state index contributed by atoms with van der Waals surface area (Å²) in [6.45, 7) is -0.285. The van der Waals surface area contributed by atoms with Crippen LogP contribution in [-0.2, 0) is 0 Å². The number of aromatic nitrogens is 5. The van der Waals surface area contributed by atoms with E-state index in [1.165, 1.54) is 0 Å². The van der Waals surface area contributed by atoms with Crippen molar-refractivity contribution < 1.29 is 13.6 Å². The fourth-order valence-electron chi connectivity index (χ4n) is 3.61. The fourth-order valence-corrected chi connectivity index (χ4v) is 3.61. The Morgan fingerprint density at radius 2 is 1.89 bits per heavy atom. The monoisotopic (exact) mass is 389 g/mol. The molecule has 8 nitrogen and oxygen atoms in total. The van der Waals surface area contributed by atoms with Gasteiger partial charge in [-0.15, -0.1) is 0 Å². The molecule has 10 heteroatoms. The lowest BCUT2D eigenvalue weighted by Crippen LogP contribution is -2.43. The average Bonchev–Trinajstić information content (AvgIpc) is 3.35.